The lowest BCUT2D eigenvalue weighted by Gasteiger charge is -2.19. The Morgan fingerprint density at radius 2 is 1.50 bits per heavy atom. The Labute approximate surface area is 149 Å². The van der Waals surface area contributed by atoms with E-state index in [4.69, 9.17) is 5.11 Å². The van der Waals surface area contributed by atoms with E-state index in [-0.39, 0.29) is 0 Å². The molecule has 0 saturated carbocycles. The summed E-state index contributed by atoms with van der Waals surface area (Å²) < 4.78 is 0. The molecular weight excluding hydrogens is 296 g/mol. The third-order valence-electron chi connectivity index (χ3n) is 4.13. The van der Waals surface area contributed by atoms with E-state index in [1.54, 1.807) is 0 Å². The number of allylic oxidation sites excluding steroid dienone is 6. The SMILES string of the molecule is CCCCC(C)(C)/C=C/C/C=C/C/C=C/CCCCCCC(=O)O. The van der Waals surface area contributed by atoms with Gasteiger partial charge >= 0.3 is 5.97 Å². The van der Waals surface area contributed by atoms with Crippen LogP contribution in [-0.2, 0) is 4.79 Å². The van der Waals surface area contributed by atoms with Crippen LogP contribution in [0.2, 0.25) is 0 Å². The van der Waals surface area contributed by atoms with Crippen LogP contribution in [-0.4, -0.2) is 11.1 Å². The first-order valence-electron chi connectivity index (χ1n) is 9.67. The van der Waals surface area contributed by atoms with Crippen molar-refractivity contribution in [2.45, 2.75) is 91.4 Å². The van der Waals surface area contributed by atoms with E-state index in [0.29, 0.717) is 11.8 Å². The second-order valence-corrected chi connectivity index (χ2v) is 7.26. The summed E-state index contributed by atoms with van der Waals surface area (Å²) >= 11 is 0. The van der Waals surface area contributed by atoms with Crippen molar-refractivity contribution in [1.82, 2.24) is 0 Å². The zero-order chi connectivity index (χ0) is 18.1. The van der Waals surface area contributed by atoms with Crippen molar-refractivity contribution in [3.63, 3.8) is 0 Å². The summed E-state index contributed by atoms with van der Waals surface area (Å²) in [4.78, 5) is 10.4. The minimum absolute atomic E-state index is 0.310. The van der Waals surface area contributed by atoms with Gasteiger partial charge in [-0.15, -0.1) is 0 Å². The molecular formula is C22H38O2. The molecule has 0 bridgehead atoms. The Balaban J connectivity index is 3.56. The standard InChI is InChI=1S/C22H38O2/c1-4-5-19-22(2,3)20-17-15-13-11-9-7-6-8-10-12-14-16-18-21(23)24/h6-7,11,13,17,20H,4-5,8-10,12,14-16,18-19H2,1-3H3,(H,23,24)/b7-6+,13-11+,20-17+. The molecule has 2 heteroatoms. The zero-order valence-electron chi connectivity index (χ0n) is 16.1. The summed E-state index contributed by atoms with van der Waals surface area (Å²) in [6, 6.07) is 0. The van der Waals surface area contributed by atoms with Crippen molar-refractivity contribution in [2.75, 3.05) is 0 Å². The smallest absolute Gasteiger partial charge is 0.303 e. The maximum absolute atomic E-state index is 10.4. The summed E-state index contributed by atoms with van der Waals surface area (Å²) in [6.07, 6.45) is 25.0. The molecule has 24 heavy (non-hydrogen) atoms. The summed E-state index contributed by atoms with van der Waals surface area (Å²) in [5.74, 6) is -0.680. The molecule has 0 aromatic rings. The molecule has 0 aliphatic carbocycles. The molecule has 138 valence electrons. The van der Waals surface area contributed by atoms with E-state index in [0.717, 1.165) is 44.9 Å². The van der Waals surface area contributed by atoms with Crippen molar-refractivity contribution < 1.29 is 9.90 Å². The highest BCUT2D eigenvalue weighted by atomic mass is 16.4. The van der Waals surface area contributed by atoms with Crippen molar-refractivity contribution in [2.24, 2.45) is 5.41 Å². The summed E-state index contributed by atoms with van der Waals surface area (Å²) in [5, 5.41) is 8.54. The summed E-state index contributed by atoms with van der Waals surface area (Å²) in [6.45, 7) is 6.87. The quantitative estimate of drug-likeness (QED) is 0.257. The lowest BCUT2D eigenvalue weighted by molar-refractivity contribution is -0.137. The van der Waals surface area contributed by atoms with E-state index in [1.807, 2.05) is 0 Å². The molecule has 0 aliphatic heterocycles. The third kappa shape index (κ3) is 17.1. The topological polar surface area (TPSA) is 37.3 Å². The highest BCUT2D eigenvalue weighted by Gasteiger charge is 2.11. The molecule has 0 spiro atoms. The number of hydrogen-bond donors (Lipinski definition) is 1. The number of aliphatic carboxylic acids is 1. The maximum Gasteiger partial charge on any atom is 0.303 e. The highest BCUT2D eigenvalue weighted by molar-refractivity contribution is 5.66. The van der Waals surface area contributed by atoms with Crippen LogP contribution >= 0.6 is 0 Å². The van der Waals surface area contributed by atoms with Gasteiger partial charge in [0.15, 0.2) is 0 Å². The van der Waals surface area contributed by atoms with Gasteiger partial charge < -0.3 is 5.11 Å². The number of carboxylic acids is 1. The Bertz CT molecular complexity index is 389. The fourth-order valence-corrected chi connectivity index (χ4v) is 2.56. The highest BCUT2D eigenvalue weighted by Crippen LogP contribution is 2.24. The predicted molar refractivity (Wildman–Crippen MR) is 105 cm³/mol. The third-order valence-corrected chi connectivity index (χ3v) is 4.13. The van der Waals surface area contributed by atoms with E-state index in [9.17, 15) is 4.79 Å². The largest absolute Gasteiger partial charge is 0.481 e. The minimum atomic E-state index is -0.680. The first kappa shape index (κ1) is 22.7. The zero-order valence-corrected chi connectivity index (χ0v) is 16.1. The molecule has 2 nitrogen and oxygen atoms in total. The Kier molecular flexibility index (Phi) is 14.4. The van der Waals surface area contributed by atoms with E-state index < -0.39 is 5.97 Å². The predicted octanol–water partition coefficient (Wildman–Crippen LogP) is 7.08. The molecule has 0 saturated heterocycles. The Hall–Kier alpha value is -1.31. The van der Waals surface area contributed by atoms with Crippen LogP contribution in [0.4, 0.5) is 0 Å². The molecule has 0 radical (unpaired) electrons. The lowest BCUT2D eigenvalue weighted by Crippen LogP contribution is -2.06. The maximum atomic E-state index is 10.4. The minimum Gasteiger partial charge on any atom is -0.481 e. The first-order chi connectivity index (χ1) is 11.5. The fourth-order valence-electron chi connectivity index (χ4n) is 2.56. The van der Waals surface area contributed by atoms with Gasteiger partial charge in [-0.2, -0.15) is 0 Å². The molecule has 0 atom stereocenters. The van der Waals surface area contributed by atoms with Crippen molar-refractivity contribution in [1.29, 1.82) is 0 Å². The van der Waals surface area contributed by atoms with Gasteiger partial charge in [-0.25, -0.2) is 0 Å². The van der Waals surface area contributed by atoms with Crippen molar-refractivity contribution in [3.8, 4) is 0 Å². The molecule has 0 aliphatic rings. The van der Waals surface area contributed by atoms with Gasteiger partial charge in [-0.3, -0.25) is 4.79 Å². The molecule has 0 amide bonds. The molecule has 0 rings (SSSR count). The van der Waals surface area contributed by atoms with Gasteiger partial charge in [0.25, 0.3) is 0 Å². The molecule has 0 unspecified atom stereocenters. The van der Waals surface area contributed by atoms with Crippen LogP contribution in [0.3, 0.4) is 0 Å². The Morgan fingerprint density at radius 3 is 2.17 bits per heavy atom. The van der Waals surface area contributed by atoms with Crippen LogP contribution in [0.5, 0.6) is 0 Å². The van der Waals surface area contributed by atoms with Crippen LogP contribution in [0.15, 0.2) is 36.5 Å². The number of hydrogen-bond acceptors (Lipinski definition) is 1. The molecule has 0 aromatic carbocycles. The second kappa shape index (κ2) is 15.2. The molecule has 0 fully saturated rings. The van der Waals surface area contributed by atoms with E-state index in [2.05, 4.69) is 57.2 Å². The van der Waals surface area contributed by atoms with E-state index >= 15 is 0 Å². The summed E-state index contributed by atoms with van der Waals surface area (Å²) in [5.41, 5.74) is 0.328. The van der Waals surface area contributed by atoms with Crippen LogP contribution in [0, 0.1) is 5.41 Å². The van der Waals surface area contributed by atoms with Crippen LogP contribution in [0.25, 0.3) is 0 Å². The van der Waals surface area contributed by atoms with Crippen LogP contribution < -0.4 is 0 Å². The van der Waals surface area contributed by atoms with E-state index in [1.165, 1.54) is 19.3 Å². The number of carbonyl (C=O) groups is 1. The fraction of sp³-hybridized carbons (Fsp3) is 0.682. The van der Waals surface area contributed by atoms with Crippen molar-refractivity contribution >= 4 is 5.97 Å². The van der Waals surface area contributed by atoms with Gasteiger partial charge in [0.05, 0.1) is 0 Å². The lowest BCUT2D eigenvalue weighted by atomic mass is 9.87. The van der Waals surface area contributed by atoms with Gasteiger partial charge in [-0.05, 0) is 43.9 Å². The van der Waals surface area contributed by atoms with Crippen LogP contribution in [0.1, 0.15) is 91.4 Å². The van der Waals surface area contributed by atoms with Gasteiger partial charge in [-0.1, -0.05) is 82.9 Å². The van der Waals surface area contributed by atoms with Gasteiger partial charge in [0.1, 0.15) is 0 Å². The number of unbranched alkanes of at least 4 members (excludes halogenated alkanes) is 5. The van der Waals surface area contributed by atoms with Crippen molar-refractivity contribution in [3.05, 3.63) is 36.5 Å². The molecule has 0 aromatic heterocycles. The average molecular weight is 335 g/mol. The Morgan fingerprint density at radius 1 is 0.875 bits per heavy atom. The number of rotatable bonds is 15. The van der Waals surface area contributed by atoms with Gasteiger partial charge in [0.2, 0.25) is 0 Å². The second-order valence-electron chi connectivity index (χ2n) is 7.26. The first-order valence-corrected chi connectivity index (χ1v) is 9.67. The molecule has 1 N–H and O–H groups in total. The monoisotopic (exact) mass is 334 g/mol. The van der Waals surface area contributed by atoms with Gasteiger partial charge in [0, 0.05) is 6.42 Å². The normalized spacial score (nSPS) is 12.8. The average Bonchev–Trinajstić information content (AvgIpc) is 2.53. The molecule has 0 heterocycles. The summed E-state index contributed by atoms with van der Waals surface area (Å²) in [7, 11) is 0. The number of carboxylic acid groups (broad SMARTS) is 1.